The molecule has 0 saturated carbocycles. The first-order valence-electron chi connectivity index (χ1n) is 11.4. The Morgan fingerprint density at radius 3 is 2.31 bits per heavy atom. The number of carboxylic acid groups (broad SMARTS) is 1. The predicted octanol–water partition coefficient (Wildman–Crippen LogP) is 1.93. The lowest BCUT2D eigenvalue weighted by Gasteiger charge is -2.44. The third kappa shape index (κ3) is 5.18. The van der Waals surface area contributed by atoms with Crippen LogP contribution in [0.4, 0.5) is 19.3 Å². The van der Waals surface area contributed by atoms with Crippen molar-refractivity contribution in [2.75, 3.05) is 37.6 Å². The van der Waals surface area contributed by atoms with E-state index < -0.39 is 53.4 Å². The van der Waals surface area contributed by atoms with Crippen LogP contribution in [0.1, 0.15) is 6.42 Å². The maximum atomic E-state index is 14.1. The first-order valence-corrected chi connectivity index (χ1v) is 11.4. The van der Waals surface area contributed by atoms with Crippen molar-refractivity contribution >= 4 is 23.6 Å². The van der Waals surface area contributed by atoms with E-state index in [0.717, 1.165) is 16.7 Å². The van der Waals surface area contributed by atoms with Crippen LogP contribution in [0.2, 0.25) is 0 Å². The van der Waals surface area contributed by atoms with Crippen LogP contribution in [0.15, 0.2) is 48.5 Å². The van der Waals surface area contributed by atoms with Crippen LogP contribution in [0, 0.1) is 17.6 Å². The van der Waals surface area contributed by atoms with Crippen LogP contribution in [0.5, 0.6) is 5.75 Å². The maximum absolute atomic E-state index is 14.1. The molecule has 36 heavy (non-hydrogen) atoms. The van der Waals surface area contributed by atoms with E-state index in [0.29, 0.717) is 26.2 Å². The molecular formula is C24H26F2N4O6. The van der Waals surface area contributed by atoms with Gasteiger partial charge in [-0.15, -0.1) is 0 Å². The Morgan fingerprint density at radius 1 is 0.972 bits per heavy atom. The number of anilines is 1. The number of rotatable bonds is 5. The van der Waals surface area contributed by atoms with Crippen molar-refractivity contribution in [3.05, 3.63) is 60.2 Å². The molecule has 192 valence electrons. The number of halogens is 2. The van der Waals surface area contributed by atoms with Gasteiger partial charge in [0.2, 0.25) is 17.6 Å². The highest BCUT2D eigenvalue weighted by Gasteiger charge is 2.48. The Labute approximate surface area is 205 Å². The molecule has 2 aliphatic rings. The topological polar surface area (TPSA) is 123 Å². The minimum atomic E-state index is -1.49. The molecule has 0 aromatic heterocycles. The average Bonchev–Trinajstić information content (AvgIpc) is 2.90. The summed E-state index contributed by atoms with van der Waals surface area (Å²) in [4.78, 5) is 42.5. The van der Waals surface area contributed by atoms with Crippen molar-refractivity contribution in [1.82, 2.24) is 15.3 Å². The fourth-order valence-electron chi connectivity index (χ4n) is 4.72. The van der Waals surface area contributed by atoms with Crippen LogP contribution in [-0.2, 0) is 9.59 Å². The molecule has 3 atom stereocenters. The summed E-state index contributed by atoms with van der Waals surface area (Å²) in [5.41, 5.74) is 2.49. The number of para-hydroxylation sites is 1. The van der Waals surface area contributed by atoms with Gasteiger partial charge in [0.1, 0.15) is 12.1 Å². The maximum Gasteiger partial charge on any atom is 0.408 e. The number of likely N-dealkylation sites (tertiary alicyclic amines) is 1. The summed E-state index contributed by atoms with van der Waals surface area (Å²) < 4.78 is 33.2. The largest absolute Gasteiger partial charge is 0.485 e. The molecule has 4 rings (SSSR count). The summed E-state index contributed by atoms with van der Waals surface area (Å²) in [7, 11) is 0. The zero-order chi connectivity index (χ0) is 25.8. The van der Waals surface area contributed by atoms with Gasteiger partial charge in [0, 0.05) is 38.3 Å². The zero-order valence-electron chi connectivity index (χ0n) is 19.2. The van der Waals surface area contributed by atoms with Gasteiger partial charge in [-0.25, -0.2) is 14.7 Å². The Kier molecular flexibility index (Phi) is 7.53. The fourth-order valence-corrected chi connectivity index (χ4v) is 4.72. The Hall–Kier alpha value is -3.93. The first kappa shape index (κ1) is 25.2. The number of ether oxygens (including phenoxy) is 1. The normalized spacial score (nSPS) is 22.2. The van der Waals surface area contributed by atoms with E-state index in [1.165, 1.54) is 22.5 Å². The highest BCUT2D eigenvalue weighted by molar-refractivity contribution is 5.92. The molecule has 10 nitrogen and oxygen atoms in total. The summed E-state index contributed by atoms with van der Waals surface area (Å²) >= 11 is 0. The van der Waals surface area contributed by atoms with Crippen molar-refractivity contribution in [3.8, 4) is 5.75 Å². The summed E-state index contributed by atoms with van der Waals surface area (Å²) in [6, 6.07) is 11.5. The molecule has 2 aliphatic heterocycles. The van der Waals surface area contributed by atoms with Crippen molar-refractivity contribution in [2.24, 2.45) is 5.92 Å². The van der Waals surface area contributed by atoms with Gasteiger partial charge in [0.25, 0.3) is 0 Å². The van der Waals surface area contributed by atoms with Crippen molar-refractivity contribution in [2.45, 2.75) is 18.6 Å². The van der Waals surface area contributed by atoms with Crippen LogP contribution in [-0.4, -0.2) is 82.9 Å². The van der Waals surface area contributed by atoms with Gasteiger partial charge in [0.15, 0.2) is 11.6 Å². The van der Waals surface area contributed by atoms with E-state index >= 15 is 0 Å². The van der Waals surface area contributed by atoms with Crippen molar-refractivity contribution in [3.63, 3.8) is 0 Å². The standard InChI is InChI=1S/C24H26F2N4O6/c25-18-7-4-8-19(20(18)26)36-16-13-17(22(31)27-35)21(30(14-16)24(33)34)23(32)29-11-9-28(10-12-29)15-5-2-1-3-6-15/h1-8,16-17,21,35H,9-14H2,(H,27,31)(H,33,34)/t16-,17-,21-/m0/s1. The van der Waals surface area contributed by atoms with Crippen molar-refractivity contribution in [1.29, 1.82) is 0 Å². The van der Waals surface area contributed by atoms with Gasteiger partial charge in [-0.05, 0) is 24.3 Å². The number of benzene rings is 2. The second-order valence-electron chi connectivity index (χ2n) is 8.64. The molecule has 3 amide bonds. The van der Waals surface area contributed by atoms with Gasteiger partial charge < -0.3 is 19.6 Å². The highest BCUT2D eigenvalue weighted by atomic mass is 19.2. The molecule has 2 aromatic rings. The van der Waals surface area contributed by atoms with Crippen LogP contribution < -0.4 is 15.1 Å². The van der Waals surface area contributed by atoms with E-state index in [1.54, 1.807) is 0 Å². The molecule has 2 heterocycles. The van der Waals surface area contributed by atoms with Crippen LogP contribution in [0.3, 0.4) is 0 Å². The predicted molar refractivity (Wildman–Crippen MR) is 123 cm³/mol. The molecule has 12 heteroatoms. The number of hydrogen-bond donors (Lipinski definition) is 3. The summed E-state index contributed by atoms with van der Waals surface area (Å²) in [6.07, 6.45) is -2.76. The molecule has 0 radical (unpaired) electrons. The second kappa shape index (κ2) is 10.8. The summed E-state index contributed by atoms with van der Waals surface area (Å²) in [6.45, 7) is 1.27. The number of nitrogens with zero attached hydrogens (tertiary/aromatic N) is 3. The number of nitrogens with one attached hydrogen (secondary N) is 1. The molecule has 3 N–H and O–H groups in total. The Balaban J connectivity index is 1.52. The number of amides is 3. The average molecular weight is 504 g/mol. The van der Waals surface area contributed by atoms with Crippen LogP contribution >= 0.6 is 0 Å². The monoisotopic (exact) mass is 504 g/mol. The summed E-state index contributed by atoms with van der Waals surface area (Å²) in [5, 5.41) is 19.2. The third-order valence-corrected chi connectivity index (χ3v) is 6.50. The molecule has 2 aromatic carbocycles. The molecule has 0 aliphatic carbocycles. The molecular weight excluding hydrogens is 478 g/mol. The quantitative estimate of drug-likeness (QED) is 0.420. The summed E-state index contributed by atoms with van der Waals surface area (Å²) in [5.74, 6) is -5.72. The van der Waals surface area contributed by atoms with Gasteiger partial charge in [-0.3, -0.25) is 19.7 Å². The molecule has 2 fully saturated rings. The number of hydroxylamine groups is 1. The molecule has 2 saturated heterocycles. The van der Waals surface area contributed by atoms with E-state index in [1.807, 2.05) is 30.3 Å². The van der Waals surface area contributed by atoms with Crippen molar-refractivity contribution < 1.29 is 38.2 Å². The van der Waals surface area contributed by atoms with Gasteiger partial charge in [-0.1, -0.05) is 24.3 Å². The Morgan fingerprint density at radius 2 is 1.67 bits per heavy atom. The Bertz CT molecular complexity index is 1110. The minimum absolute atomic E-state index is 0.202. The van der Waals surface area contributed by atoms with E-state index in [-0.39, 0.29) is 13.0 Å². The fraction of sp³-hybridized carbons (Fsp3) is 0.375. The van der Waals surface area contributed by atoms with E-state index in [9.17, 15) is 33.5 Å². The van der Waals surface area contributed by atoms with Gasteiger partial charge in [0.05, 0.1) is 12.5 Å². The lowest BCUT2D eigenvalue weighted by atomic mass is 9.86. The molecule has 0 unspecified atom stereocenters. The smallest absolute Gasteiger partial charge is 0.408 e. The minimum Gasteiger partial charge on any atom is -0.485 e. The lowest BCUT2D eigenvalue weighted by Crippen LogP contribution is -2.64. The van der Waals surface area contributed by atoms with Gasteiger partial charge in [-0.2, -0.15) is 4.39 Å². The number of piperidine rings is 1. The molecule has 0 spiro atoms. The first-order chi connectivity index (χ1) is 17.3. The molecule has 0 bridgehead atoms. The third-order valence-electron chi connectivity index (χ3n) is 6.50. The van der Waals surface area contributed by atoms with E-state index in [4.69, 9.17) is 4.74 Å². The highest BCUT2D eigenvalue weighted by Crippen LogP contribution is 2.31. The number of carbonyl (C=O) groups is 3. The second-order valence-corrected chi connectivity index (χ2v) is 8.64. The van der Waals surface area contributed by atoms with E-state index in [2.05, 4.69) is 4.90 Å². The number of hydrogen-bond acceptors (Lipinski definition) is 6. The van der Waals surface area contributed by atoms with Crippen LogP contribution in [0.25, 0.3) is 0 Å². The van der Waals surface area contributed by atoms with Gasteiger partial charge >= 0.3 is 6.09 Å². The number of carbonyl (C=O) groups excluding carboxylic acids is 2. The zero-order valence-corrected chi connectivity index (χ0v) is 19.2. The lowest BCUT2D eigenvalue weighted by molar-refractivity contribution is -0.150. The number of piperazine rings is 1. The SMILES string of the molecule is O=C(NO)[C@H]1C[C@H](Oc2cccc(F)c2F)CN(C(=O)O)[C@@H]1C(=O)N1CCN(c2ccccc2)CC1.